The summed E-state index contributed by atoms with van der Waals surface area (Å²) in [7, 11) is -3.26. The number of nitrogens with zero attached hydrogens (tertiary/aromatic N) is 2. The molecule has 0 radical (unpaired) electrons. The monoisotopic (exact) mass is 479 g/mol. The van der Waals surface area contributed by atoms with Gasteiger partial charge in [-0.1, -0.05) is 6.07 Å². The van der Waals surface area contributed by atoms with Gasteiger partial charge in [-0.2, -0.15) is 0 Å². The fourth-order valence-electron chi connectivity index (χ4n) is 3.81. The highest BCUT2D eigenvalue weighted by molar-refractivity contribution is 7.92. The number of aromatic nitrogens is 1. The lowest BCUT2D eigenvalue weighted by Gasteiger charge is -2.18. The van der Waals surface area contributed by atoms with Crippen LogP contribution in [0.4, 0.5) is 11.4 Å². The van der Waals surface area contributed by atoms with Crippen molar-refractivity contribution in [1.29, 1.82) is 0 Å². The zero-order chi connectivity index (χ0) is 23.0. The Morgan fingerprint density at radius 2 is 1.94 bits per heavy atom. The Morgan fingerprint density at radius 3 is 2.67 bits per heavy atom. The highest BCUT2D eigenvalue weighted by atomic mass is 32.2. The molecule has 1 aliphatic rings. The molecular formula is C24H21N3O4S2. The van der Waals surface area contributed by atoms with Crippen molar-refractivity contribution in [2.75, 3.05) is 21.9 Å². The van der Waals surface area contributed by atoms with Crippen molar-refractivity contribution < 1.29 is 17.6 Å². The maximum absolute atomic E-state index is 12.3. The number of hydrogen-bond donors (Lipinski definition) is 1. The molecule has 0 saturated heterocycles. The number of sulfonamides is 1. The molecule has 1 amide bonds. The molecular weight excluding hydrogens is 458 g/mol. The van der Waals surface area contributed by atoms with Gasteiger partial charge in [-0.25, -0.2) is 13.4 Å². The van der Waals surface area contributed by atoms with Crippen molar-refractivity contribution in [2.24, 2.45) is 0 Å². The minimum absolute atomic E-state index is 0.0922. The fraction of sp³-hybridized carbons (Fsp3) is 0.167. The Balaban J connectivity index is 1.33. The highest BCUT2D eigenvalue weighted by Gasteiger charge is 2.28. The zero-order valence-corrected chi connectivity index (χ0v) is 19.4. The number of thiazole rings is 1. The molecule has 0 atom stereocenters. The molecule has 168 valence electrons. The van der Waals surface area contributed by atoms with Gasteiger partial charge < -0.3 is 9.73 Å². The third-order valence-corrected chi connectivity index (χ3v) is 8.24. The summed E-state index contributed by atoms with van der Waals surface area (Å²) in [5, 5.41) is 5.66. The van der Waals surface area contributed by atoms with Gasteiger partial charge in [0.2, 0.25) is 10.0 Å². The number of carbonyl (C=O) groups is 1. The SMILES string of the molecule is CCS(=O)(=O)N1CCc2cc(-c3csc(-c4ccc(NC(=O)c5ccco5)cc4)n3)ccc21. The Bertz CT molecular complexity index is 1410. The molecule has 0 saturated carbocycles. The molecule has 0 aliphatic carbocycles. The van der Waals surface area contributed by atoms with E-state index in [1.54, 1.807) is 19.1 Å². The van der Waals surface area contributed by atoms with Gasteiger partial charge in [0.15, 0.2) is 5.76 Å². The summed E-state index contributed by atoms with van der Waals surface area (Å²) in [5.74, 6) is 0.0502. The molecule has 0 unspecified atom stereocenters. The smallest absolute Gasteiger partial charge is 0.291 e. The van der Waals surface area contributed by atoms with E-state index in [2.05, 4.69) is 5.32 Å². The Kier molecular flexibility index (Phi) is 5.51. The first-order valence-corrected chi connectivity index (χ1v) is 13.0. The van der Waals surface area contributed by atoms with Gasteiger partial charge in [0.05, 0.1) is 23.4 Å². The van der Waals surface area contributed by atoms with E-state index in [9.17, 15) is 13.2 Å². The number of furan rings is 1. The second-order valence-electron chi connectivity index (χ2n) is 7.61. The lowest BCUT2D eigenvalue weighted by Crippen LogP contribution is -2.30. The second kappa shape index (κ2) is 8.49. The van der Waals surface area contributed by atoms with Crippen LogP contribution in [0, 0.1) is 0 Å². The van der Waals surface area contributed by atoms with Crippen LogP contribution in [0.5, 0.6) is 0 Å². The molecule has 1 aliphatic heterocycles. The summed E-state index contributed by atoms with van der Waals surface area (Å²) in [6, 6.07) is 16.6. The normalized spacial score (nSPS) is 13.2. The van der Waals surface area contributed by atoms with Crippen LogP contribution in [0.1, 0.15) is 23.0 Å². The molecule has 0 bridgehead atoms. The number of anilines is 2. The van der Waals surface area contributed by atoms with Crippen LogP contribution < -0.4 is 9.62 Å². The number of fused-ring (bicyclic) bond motifs is 1. The molecule has 33 heavy (non-hydrogen) atoms. The predicted molar refractivity (Wildman–Crippen MR) is 130 cm³/mol. The number of nitrogens with one attached hydrogen (secondary N) is 1. The lowest BCUT2D eigenvalue weighted by molar-refractivity contribution is 0.0996. The van der Waals surface area contributed by atoms with Gasteiger partial charge in [-0.3, -0.25) is 9.10 Å². The summed E-state index contributed by atoms with van der Waals surface area (Å²) < 4.78 is 31.2. The van der Waals surface area contributed by atoms with Crippen molar-refractivity contribution >= 4 is 38.6 Å². The third kappa shape index (κ3) is 4.17. The first kappa shape index (κ1) is 21.4. The van der Waals surface area contributed by atoms with E-state index in [1.165, 1.54) is 21.9 Å². The fourth-order valence-corrected chi connectivity index (χ4v) is 5.81. The summed E-state index contributed by atoms with van der Waals surface area (Å²) in [4.78, 5) is 16.9. The number of carbonyl (C=O) groups excluding carboxylic acids is 1. The van der Waals surface area contributed by atoms with E-state index in [0.29, 0.717) is 18.7 Å². The molecule has 7 nitrogen and oxygen atoms in total. The van der Waals surface area contributed by atoms with Crippen molar-refractivity contribution in [3.8, 4) is 21.8 Å². The van der Waals surface area contributed by atoms with E-state index in [1.807, 2.05) is 47.8 Å². The number of rotatable bonds is 6. The van der Waals surface area contributed by atoms with E-state index < -0.39 is 10.0 Å². The van der Waals surface area contributed by atoms with Gasteiger partial charge in [-0.05, 0) is 67.4 Å². The molecule has 2 aromatic carbocycles. The van der Waals surface area contributed by atoms with E-state index in [0.717, 1.165) is 33.1 Å². The van der Waals surface area contributed by atoms with Gasteiger partial charge in [0, 0.05) is 28.7 Å². The maximum Gasteiger partial charge on any atom is 0.291 e. The van der Waals surface area contributed by atoms with Crippen molar-refractivity contribution in [3.05, 3.63) is 77.6 Å². The average molecular weight is 480 g/mol. The number of amides is 1. The summed E-state index contributed by atoms with van der Waals surface area (Å²) >= 11 is 1.54. The Hall–Kier alpha value is -3.43. The van der Waals surface area contributed by atoms with E-state index >= 15 is 0 Å². The molecule has 5 rings (SSSR count). The molecule has 4 aromatic rings. The molecule has 3 heterocycles. The predicted octanol–water partition coefficient (Wildman–Crippen LogP) is 5.03. The van der Waals surface area contributed by atoms with Crippen LogP contribution in [0.15, 0.2) is 70.7 Å². The number of hydrogen-bond acceptors (Lipinski definition) is 6. The minimum Gasteiger partial charge on any atom is -0.459 e. The summed E-state index contributed by atoms with van der Waals surface area (Å²) in [5.41, 5.74) is 5.23. The van der Waals surface area contributed by atoms with Gasteiger partial charge in [-0.15, -0.1) is 11.3 Å². The van der Waals surface area contributed by atoms with Crippen LogP contribution >= 0.6 is 11.3 Å². The van der Waals surface area contributed by atoms with Gasteiger partial charge in [0.1, 0.15) is 5.01 Å². The summed E-state index contributed by atoms with van der Waals surface area (Å²) in [6.07, 6.45) is 2.16. The van der Waals surface area contributed by atoms with E-state index in [4.69, 9.17) is 9.40 Å². The van der Waals surface area contributed by atoms with Crippen molar-refractivity contribution in [3.63, 3.8) is 0 Å². The zero-order valence-electron chi connectivity index (χ0n) is 17.8. The molecule has 0 spiro atoms. The number of benzene rings is 2. The highest BCUT2D eigenvalue weighted by Crippen LogP contribution is 2.35. The first-order valence-electron chi connectivity index (χ1n) is 10.5. The van der Waals surface area contributed by atoms with Crippen molar-refractivity contribution in [1.82, 2.24) is 4.98 Å². The topological polar surface area (TPSA) is 92.5 Å². The van der Waals surface area contributed by atoms with Gasteiger partial charge >= 0.3 is 0 Å². The second-order valence-corrected chi connectivity index (χ2v) is 10.7. The van der Waals surface area contributed by atoms with Crippen molar-refractivity contribution in [2.45, 2.75) is 13.3 Å². The van der Waals surface area contributed by atoms with Crippen LogP contribution in [-0.2, 0) is 16.4 Å². The standard InChI is InChI=1S/C24H21N3O4S2/c1-2-33(29,30)27-12-11-18-14-17(7-10-21(18)27)20-15-32-24(26-20)16-5-8-19(9-6-16)25-23(28)22-4-3-13-31-22/h3-10,13-15H,2,11-12H2,1H3,(H,25,28). The Labute approximate surface area is 195 Å². The quantitative estimate of drug-likeness (QED) is 0.418. The summed E-state index contributed by atoms with van der Waals surface area (Å²) in [6.45, 7) is 2.15. The molecule has 2 aromatic heterocycles. The van der Waals surface area contributed by atoms with Crippen LogP contribution in [-0.4, -0.2) is 31.6 Å². The minimum atomic E-state index is -3.26. The average Bonchev–Trinajstić information content (AvgIpc) is 3.60. The molecule has 9 heteroatoms. The molecule has 1 N–H and O–H groups in total. The molecule has 0 fully saturated rings. The largest absolute Gasteiger partial charge is 0.459 e. The van der Waals surface area contributed by atoms with Crippen LogP contribution in [0.3, 0.4) is 0 Å². The Morgan fingerprint density at radius 1 is 1.15 bits per heavy atom. The van der Waals surface area contributed by atoms with Crippen LogP contribution in [0.2, 0.25) is 0 Å². The van der Waals surface area contributed by atoms with Crippen LogP contribution in [0.25, 0.3) is 21.8 Å². The third-order valence-electron chi connectivity index (χ3n) is 5.57. The lowest BCUT2D eigenvalue weighted by atomic mass is 10.1. The van der Waals surface area contributed by atoms with Gasteiger partial charge in [0.25, 0.3) is 5.91 Å². The van der Waals surface area contributed by atoms with E-state index in [-0.39, 0.29) is 17.4 Å². The first-order chi connectivity index (χ1) is 15.9. The maximum atomic E-state index is 12.3.